The number of nitrogens with zero attached hydrogens (tertiary/aromatic N) is 3. The molecule has 240 valence electrons. The van der Waals surface area contributed by atoms with Gasteiger partial charge in [0.25, 0.3) is 0 Å². The van der Waals surface area contributed by atoms with Gasteiger partial charge in [0.2, 0.25) is 0 Å². The van der Waals surface area contributed by atoms with Crippen LogP contribution < -0.4 is 0 Å². The normalized spacial score (nSPS) is 13.5. The van der Waals surface area contributed by atoms with E-state index in [-0.39, 0.29) is 0 Å². The zero-order valence-electron chi connectivity index (χ0n) is 28.0. The van der Waals surface area contributed by atoms with Crippen molar-refractivity contribution >= 4 is 21.5 Å². The minimum absolute atomic E-state index is 0.357. The first-order valence-corrected chi connectivity index (χ1v) is 17.8. The van der Waals surface area contributed by atoms with Crippen LogP contribution in [0.3, 0.4) is 0 Å². The first kappa shape index (κ1) is 30.2. The number of benzene rings is 7. The van der Waals surface area contributed by atoms with Crippen LogP contribution in [0, 0.1) is 0 Å². The maximum absolute atomic E-state index is 5.17. The average molecular weight is 644 g/mol. The molecule has 1 heterocycles. The van der Waals surface area contributed by atoms with E-state index in [1.54, 1.807) is 0 Å². The van der Waals surface area contributed by atoms with Gasteiger partial charge in [0.05, 0.1) is 0 Å². The molecule has 7 aromatic carbocycles. The Bertz CT molecular complexity index is 2460. The highest BCUT2D eigenvalue weighted by molar-refractivity contribution is 5.98. The highest BCUT2D eigenvalue weighted by Crippen LogP contribution is 2.36. The fourth-order valence-corrected chi connectivity index (χ4v) is 7.65. The molecule has 1 aliphatic rings. The van der Waals surface area contributed by atoms with Gasteiger partial charge in [-0.3, -0.25) is 0 Å². The summed E-state index contributed by atoms with van der Waals surface area (Å²) in [5, 5.41) is 5.01. The standard InChI is InChI=1S/C47H37N3/c1-2-14-36(15-3-1)45-48-46(50-47(49-45)40-21-9-19-38(31-40)44-25-11-17-34-13-5-7-23-42(34)44)39-20-8-18-37(30-39)32-26-28-35(29-27-32)43-24-10-16-33-12-4-6-22-41(33)43/h4-13,16-31,36H,1-3,14-15H2. The summed E-state index contributed by atoms with van der Waals surface area (Å²) in [6.07, 6.45) is 5.99. The van der Waals surface area contributed by atoms with Gasteiger partial charge < -0.3 is 0 Å². The molecule has 8 aromatic rings. The van der Waals surface area contributed by atoms with Crippen molar-refractivity contribution in [1.82, 2.24) is 15.0 Å². The van der Waals surface area contributed by atoms with Gasteiger partial charge in [-0.2, -0.15) is 0 Å². The first-order valence-electron chi connectivity index (χ1n) is 17.8. The predicted molar refractivity (Wildman–Crippen MR) is 208 cm³/mol. The zero-order chi connectivity index (χ0) is 33.3. The van der Waals surface area contributed by atoms with Crippen molar-refractivity contribution < 1.29 is 0 Å². The van der Waals surface area contributed by atoms with Crippen LogP contribution in [0.1, 0.15) is 43.8 Å². The van der Waals surface area contributed by atoms with Crippen molar-refractivity contribution in [2.24, 2.45) is 0 Å². The highest BCUT2D eigenvalue weighted by atomic mass is 15.0. The lowest BCUT2D eigenvalue weighted by atomic mass is 9.88. The van der Waals surface area contributed by atoms with Crippen molar-refractivity contribution in [3.63, 3.8) is 0 Å². The lowest BCUT2D eigenvalue weighted by molar-refractivity contribution is 0.428. The second-order valence-corrected chi connectivity index (χ2v) is 13.5. The second kappa shape index (κ2) is 13.2. The van der Waals surface area contributed by atoms with E-state index in [2.05, 4.69) is 158 Å². The quantitative estimate of drug-likeness (QED) is 0.181. The molecule has 0 radical (unpaired) electrons. The smallest absolute Gasteiger partial charge is 0.163 e. The Labute approximate surface area is 293 Å². The van der Waals surface area contributed by atoms with Crippen molar-refractivity contribution in [3.05, 3.63) is 164 Å². The van der Waals surface area contributed by atoms with Crippen molar-refractivity contribution in [2.75, 3.05) is 0 Å². The van der Waals surface area contributed by atoms with Gasteiger partial charge in [-0.05, 0) is 79.9 Å². The molecule has 9 rings (SSSR count). The SMILES string of the molecule is c1cc(-c2ccc(-c3cccc4ccccc34)cc2)cc(-c2nc(-c3cccc(-c4cccc5ccccc45)c3)nc(C3CCCCC3)n2)c1. The third kappa shape index (κ3) is 5.86. The van der Waals surface area contributed by atoms with Crippen molar-refractivity contribution in [1.29, 1.82) is 0 Å². The fraction of sp³-hybridized carbons (Fsp3) is 0.128. The van der Waals surface area contributed by atoms with Gasteiger partial charge in [0.1, 0.15) is 5.82 Å². The average Bonchev–Trinajstić information content (AvgIpc) is 3.21. The predicted octanol–water partition coefficient (Wildman–Crippen LogP) is 12.6. The van der Waals surface area contributed by atoms with Crippen LogP contribution in [-0.4, -0.2) is 15.0 Å². The molecule has 0 N–H and O–H groups in total. The fourth-order valence-electron chi connectivity index (χ4n) is 7.65. The maximum Gasteiger partial charge on any atom is 0.163 e. The molecular weight excluding hydrogens is 607 g/mol. The molecule has 0 unspecified atom stereocenters. The molecule has 50 heavy (non-hydrogen) atoms. The summed E-state index contributed by atoms with van der Waals surface area (Å²) >= 11 is 0. The van der Waals surface area contributed by atoms with E-state index in [1.165, 1.54) is 63.1 Å². The van der Waals surface area contributed by atoms with Crippen LogP contribution in [-0.2, 0) is 0 Å². The second-order valence-electron chi connectivity index (χ2n) is 13.5. The van der Waals surface area contributed by atoms with E-state index in [9.17, 15) is 0 Å². The van der Waals surface area contributed by atoms with E-state index in [0.717, 1.165) is 52.6 Å². The molecule has 0 bridgehead atoms. The number of hydrogen-bond acceptors (Lipinski definition) is 3. The van der Waals surface area contributed by atoms with Crippen LogP contribution in [0.25, 0.3) is 77.7 Å². The van der Waals surface area contributed by atoms with Gasteiger partial charge in [0, 0.05) is 17.0 Å². The third-order valence-electron chi connectivity index (χ3n) is 10.3. The molecular formula is C47H37N3. The van der Waals surface area contributed by atoms with Gasteiger partial charge in [-0.15, -0.1) is 0 Å². The first-order chi connectivity index (χ1) is 24.8. The van der Waals surface area contributed by atoms with Crippen LogP contribution in [0.5, 0.6) is 0 Å². The van der Waals surface area contributed by atoms with Gasteiger partial charge in [-0.25, -0.2) is 15.0 Å². The number of hydrogen-bond donors (Lipinski definition) is 0. The lowest BCUT2D eigenvalue weighted by Gasteiger charge is -2.21. The highest BCUT2D eigenvalue weighted by Gasteiger charge is 2.21. The Hall–Kier alpha value is -5.93. The summed E-state index contributed by atoms with van der Waals surface area (Å²) < 4.78 is 0. The van der Waals surface area contributed by atoms with E-state index in [1.807, 2.05) is 0 Å². The third-order valence-corrected chi connectivity index (χ3v) is 10.3. The summed E-state index contributed by atoms with van der Waals surface area (Å²) in [6, 6.07) is 56.4. The number of aromatic nitrogens is 3. The molecule has 0 spiro atoms. The van der Waals surface area contributed by atoms with Crippen molar-refractivity contribution in [3.8, 4) is 56.2 Å². The summed E-state index contributed by atoms with van der Waals surface area (Å²) in [5.74, 6) is 2.75. The van der Waals surface area contributed by atoms with Crippen molar-refractivity contribution in [2.45, 2.75) is 38.0 Å². The molecule has 0 saturated heterocycles. The number of rotatable bonds is 6. The minimum Gasteiger partial charge on any atom is -0.213 e. The van der Waals surface area contributed by atoms with Crippen LogP contribution >= 0.6 is 0 Å². The molecule has 1 fully saturated rings. The number of fused-ring (bicyclic) bond motifs is 2. The largest absolute Gasteiger partial charge is 0.213 e. The van der Waals surface area contributed by atoms with Gasteiger partial charge >= 0.3 is 0 Å². The Morgan fingerprint density at radius 2 is 0.840 bits per heavy atom. The van der Waals surface area contributed by atoms with Crippen LogP contribution in [0.15, 0.2) is 158 Å². The molecule has 1 saturated carbocycles. The molecule has 3 heteroatoms. The lowest BCUT2D eigenvalue weighted by Crippen LogP contribution is -2.11. The monoisotopic (exact) mass is 643 g/mol. The molecule has 1 aromatic heterocycles. The van der Waals surface area contributed by atoms with Crippen LogP contribution in [0.4, 0.5) is 0 Å². The Morgan fingerprint density at radius 3 is 1.48 bits per heavy atom. The topological polar surface area (TPSA) is 38.7 Å². The van der Waals surface area contributed by atoms with E-state index in [0.29, 0.717) is 5.92 Å². The summed E-state index contributed by atoms with van der Waals surface area (Å²) in [4.78, 5) is 15.5. The van der Waals surface area contributed by atoms with E-state index < -0.39 is 0 Å². The molecule has 0 atom stereocenters. The molecule has 1 aliphatic carbocycles. The molecule has 0 aliphatic heterocycles. The Balaban J connectivity index is 1.10. The summed E-state index contributed by atoms with van der Waals surface area (Å²) in [6.45, 7) is 0. The van der Waals surface area contributed by atoms with E-state index >= 15 is 0 Å². The van der Waals surface area contributed by atoms with Gasteiger partial charge in [-0.1, -0.05) is 165 Å². The maximum atomic E-state index is 5.17. The Morgan fingerprint density at radius 1 is 0.360 bits per heavy atom. The van der Waals surface area contributed by atoms with Crippen LogP contribution in [0.2, 0.25) is 0 Å². The zero-order valence-corrected chi connectivity index (χ0v) is 28.0. The molecule has 0 amide bonds. The Kier molecular flexibility index (Phi) is 7.94. The van der Waals surface area contributed by atoms with E-state index in [4.69, 9.17) is 15.0 Å². The van der Waals surface area contributed by atoms with Gasteiger partial charge in [0.15, 0.2) is 11.6 Å². The summed E-state index contributed by atoms with van der Waals surface area (Å²) in [7, 11) is 0. The minimum atomic E-state index is 0.357. The molecule has 3 nitrogen and oxygen atoms in total. The summed E-state index contributed by atoms with van der Waals surface area (Å²) in [5.41, 5.74) is 9.17.